The molecule has 7 heteroatoms. The third-order valence-electron chi connectivity index (χ3n) is 3.01. The number of benzene rings is 1. The zero-order chi connectivity index (χ0) is 15.7. The van der Waals surface area contributed by atoms with Crippen molar-refractivity contribution in [2.45, 2.75) is 25.7 Å². The van der Waals surface area contributed by atoms with Crippen LogP contribution < -0.4 is 5.32 Å². The molecule has 116 valence electrons. The Morgan fingerprint density at radius 3 is 2.67 bits per heavy atom. The van der Waals surface area contributed by atoms with E-state index in [-0.39, 0.29) is 17.9 Å². The van der Waals surface area contributed by atoms with Crippen LogP contribution in [0.15, 0.2) is 18.2 Å². The predicted molar refractivity (Wildman–Crippen MR) is 78.5 cm³/mol. The quantitative estimate of drug-likeness (QED) is 0.314. The van der Waals surface area contributed by atoms with E-state index in [0.717, 1.165) is 25.7 Å². The average Bonchev–Trinajstić information content (AvgIpc) is 2.49. The van der Waals surface area contributed by atoms with Gasteiger partial charge in [-0.1, -0.05) is 12.8 Å². The van der Waals surface area contributed by atoms with Crippen LogP contribution in [0.25, 0.3) is 0 Å². The molecule has 0 saturated carbocycles. The smallest absolute Gasteiger partial charge is 0.337 e. The molecule has 0 spiro atoms. The summed E-state index contributed by atoms with van der Waals surface area (Å²) in [7, 11) is 1.26. The van der Waals surface area contributed by atoms with Crippen molar-refractivity contribution in [1.29, 1.82) is 0 Å². The number of hydrogen-bond donors (Lipinski definition) is 2. The van der Waals surface area contributed by atoms with E-state index in [1.165, 1.54) is 25.3 Å². The van der Waals surface area contributed by atoms with Gasteiger partial charge in [-0.2, -0.15) is 0 Å². The van der Waals surface area contributed by atoms with E-state index in [1.54, 1.807) is 0 Å². The maximum Gasteiger partial charge on any atom is 0.337 e. The molecular weight excluding hydrogens is 276 g/mol. The van der Waals surface area contributed by atoms with E-state index in [9.17, 15) is 14.9 Å². The number of nitrogens with one attached hydrogen (secondary N) is 1. The van der Waals surface area contributed by atoms with Gasteiger partial charge in [0.05, 0.1) is 17.6 Å². The summed E-state index contributed by atoms with van der Waals surface area (Å²) >= 11 is 0. The van der Waals surface area contributed by atoms with Gasteiger partial charge in [0.25, 0.3) is 5.69 Å². The van der Waals surface area contributed by atoms with Gasteiger partial charge in [-0.15, -0.1) is 0 Å². The molecule has 1 aromatic carbocycles. The zero-order valence-corrected chi connectivity index (χ0v) is 12.0. The molecule has 0 amide bonds. The lowest BCUT2D eigenvalue weighted by Crippen LogP contribution is -2.07. The van der Waals surface area contributed by atoms with E-state index in [1.807, 2.05) is 0 Å². The van der Waals surface area contributed by atoms with Crippen LogP contribution in [-0.2, 0) is 4.74 Å². The normalized spacial score (nSPS) is 10.2. The third kappa shape index (κ3) is 5.39. The summed E-state index contributed by atoms with van der Waals surface area (Å²) in [5.41, 5.74) is 0.508. The molecule has 2 N–H and O–H groups in total. The minimum Gasteiger partial charge on any atom is -0.465 e. The molecule has 0 unspecified atom stereocenters. The summed E-state index contributed by atoms with van der Waals surface area (Å²) in [5, 5.41) is 22.6. The topological polar surface area (TPSA) is 102 Å². The van der Waals surface area contributed by atoms with E-state index in [4.69, 9.17) is 5.11 Å². The Morgan fingerprint density at radius 2 is 2.05 bits per heavy atom. The molecule has 0 bridgehead atoms. The number of unbranched alkanes of at least 4 members (excludes halogenated alkanes) is 3. The Labute approximate surface area is 123 Å². The minimum atomic E-state index is -0.532. The number of methoxy groups -OCH3 is 1. The van der Waals surface area contributed by atoms with E-state index in [2.05, 4.69) is 10.1 Å². The van der Waals surface area contributed by atoms with E-state index < -0.39 is 10.9 Å². The van der Waals surface area contributed by atoms with Crippen LogP contribution in [-0.4, -0.2) is 36.3 Å². The highest BCUT2D eigenvalue weighted by Crippen LogP contribution is 2.25. The maximum absolute atomic E-state index is 11.5. The second-order valence-corrected chi connectivity index (χ2v) is 4.55. The van der Waals surface area contributed by atoms with Crippen LogP contribution in [0.1, 0.15) is 36.0 Å². The fourth-order valence-electron chi connectivity index (χ4n) is 1.90. The standard InChI is InChI=1S/C14H20N2O5/c1-21-14(18)11-6-7-13(16(19)20)12(10-11)15-8-4-2-3-5-9-17/h6-7,10,15,17H,2-5,8-9H2,1H3. The molecule has 0 saturated heterocycles. The number of esters is 1. The number of carbonyl (C=O) groups is 1. The molecule has 0 aliphatic carbocycles. The molecular formula is C14H20N2O5. The molecule has 7 nitrogen and oxygen atoms in total. The predicted octanol–water partition coefficient (Wildman–Crippen LogP) is 2.35. The van der Waals surface area contributed by atoms with Crippen molar-refractivity contribution in [2.24, 2.45) is 0 Å². The molecule has 0 radical (unpaired) electrons. The Balaban J connectivity index is 2.68. The Kier molecular flexibility index (Phi) is 7.17. The van der Waals surface area contributed by atoms with Crippen LogP contribution in [0.3, 0.4) is 0 Å². The molecule has 0 atom stereocenters. The van der Waals surface area contributed by atoms with Gasteiger partial charge in [-0.05, 0) is 25.0 Å². The molecule has 0 aliphatic heterocycles. The first-order chi connectivity index (χ1) is 10.1. The number of rotatable bonds is 9. The Hall–Kier alpha value is -2.15. The lowest BCUT2D eigenvalue weighted by molar-refractivity contribution is -0.384. The zero-order valence-electron chi connectivity index (χ0n) is 12.0. The van der Waals surface area contributed by atoms with E-state index >= 15 is 0 Å². The van der Waals surface area contributed by atoms with Gasteiger partial charge in [0.1, 0.15) is 5.69 Å². The molecule has 1 aromatic rings. The fourth-order valence-corrected chi connectivity index (χ4v) is 1.90. The molecule has 21 heavy (non-hydrogen) atoms. The number of nitro benzene ring substituents is 1. The lowest BCUT2D eigenvalue weighted by Gasteiger charge is -2.08. The number of carbonyl (C=O) groups excluding carboxylic acids is 1. The van der Waals surface area contributed by atoms with Crippen LogP contribution in [0.5, 0.6) is 0 Å². The summed E-state index contributed by atoms with van der Waals surface area (Å²) in [6.07, 6.45) is 3.44. The SMILES string of the molecule is COC(=O)c1ccc([N+](=O)[O-])c(NCCCCCCO)c1. The summed E-state index contributed by atoms with van der Waals surface area (Å²) in [6, 6.07) is 4.09. The van der Waals surface area contributed by atoms with Gasteiger partial charge in [0.15, 0.2) is 0 Å². The lowest BCUT2D eigenvalue weighted by atomic mass is 10.1. The number of anilines is 1. The van der Waals surface area contributed by atoms with Crippen LogP contribution in [0, 0.1) is 10.1 Å². The van der Waals surface area contributed by atoms with Gasteiger partial charge < -0.3 is 15.2 Å². The highest BCUT2D eigenvalue weighted by Gasteiger charge is 2.16. The molecule has 0 fully saturated rings. The second-order valence-electron chi connectivity index (χ2n) is 4.55. The number of aliphatic hydroxyl groups is 1. The van der Waals surface area contributed by atoms with Gasteiger partial charge in [0.2, 0.25) is 0 Å². The number of aliphatic hydroxyl groups excluding tert-OH is 1. The number of nitro groups is 1. The van der Waals surface area contributed by atoms with Gasteiger partial charge in [0, 0.05) is 19.2 Å². The molecule has 0 aromatic heterocycles. The molecule has 0 aliphatic rings. The monoisotopic (exact) mass is 296 g/mol. The van der Waals surface area contributed by atoms with Crippen LogP contribution in [0.4, 0.5) is 11.4 Å². The van der Waals surface area contributed by atoms with Crippen molar-refractivity contribution < 1.29 is 19.6 Å². The maximum atomic E-state index is 11.5. The van der Waals surface area contributed by atoms with Crippen molar-refractivity contribution in [1.82, 2.24) is 0 Å². The number of hydrogen-bond acceptors (Lipinski definition) is 6. The Bertz CT molecular complexity index is 490. The Morgan fingerprint density at radius 1 is 1.33 bits per heavy atom. The van der Waals surface area contributed by atoms with Crippen molar-refractivity contribution in [2.75, 3.05) is 25.6 Å². The largest absolute Gasteiger partial charge is 0.465 e. The van der Waals surface area contributed by atoms with Gasteiger partial charge in [-0.3, -0.25) is 10.1 Å². The van der Waals surface area contributed by atoms with Crippen molar-refractivity contribution in [3.05, 3.63) is 33.9 Å². The molecule has 1 rings (SSSR count). The first-order valence-electron chi connectivity index (χ1n) is 6.81. The number of nitrogens with zero attached hydrogens (tertiary/aromatic N) is 1. The van der Waals surface area contributed by atoms with Crippen LogP contribution >= 0.6 is 0 Å². The van der Waals surface area contributed by atoms with Crippen molar-refractivity contribution >= 4 is 17.3 Å². The summed E-state index contributed by atoms with van der Waals surface area (Å²) in [6.45, 7) is 0.747. The van der Waals surface area contributed by atoms with E-state index in [0.29, 0.717) is 12.2 Å². The third-order valence-corrected chi connectivity index (χ3v) is 3.01. The van der Waals surface area contributed by atoms with Gasteiger partial charge in [-0.25, -0.2) is 4.79 Å². The van der Waals surface area contributed by atoms with Gasteiger partial charge >= 0.3 is 5.97 Å². The van der Waals surface area contributed by atoms with Crippen molar-refractivity contribution in [3.63, 3.8) is 0 Å². The minimum absolute atomic E-state index is 0.0713. The average molecular weight is 296 g/mol. The second kappa shape index (κ2) is 8.91. The first-order valence-corrected chi connectivity index (χ1v) is 6.81. The highest BCUT2D eigenvalue weighted by atomic mass is 16.6. The highest BCUT2D eigenvalue weighted by molar-refractivity contribution is 5.91. The van der Waals surface area contributed by atoms with Crippen molar-refractivity contribution in [3.8, 4) is 0 Å². The number of ether oxygens (including phenoxy) is 1. The fraction of sp³-hybridized carbons (Fsp3) is 0.500. The first kappa shape index (κ1) is 16.9. The summed E-state index contributed by atoms with van der Waals surface area (Å²) in [5.74, 6) is -0.532. The molecule has 0 heterocycles. The summed E-state index contributed by atoms with van der Waals surface area (Å²) < 4.78 is 4.60. The summed E-state index contributed by atoms with van der Waals surface area (Å²) in [4.78, 5) is 21.9. The van der Waals surface area contributed by atoms with Crippen LogP contribution in [0.2, 0.25) is 0 Å².